The second kappa shape index (κ2) is 6.00. The van der Waals surface area contributed by atoms with Crippen molar-refractivity contribution in [3.05, 3.63) is 23.9 Å². The van der Waals surface area contributed by atoms with E-state index >= 15 is 0 Å². The Labute approximate surface area is 142 Å². The number of hydrogen-bond acceptors (Lipinski definition) is 7. The van der Waals surface area contributed by atoms with E-state index in [0.717, 1.165) is 44.4 Å². The van der Waals surface area contributed by atoms with Crippen molar-refractivity contribution in [2.24, 2.45) is 0 Å². The van der Waals surface area contributed by atoms with Gasteiger partial charge in [0.25, 0.3) is 0 Å². The highest BCUT2D eigenvalue weighted by Gasteiger charge is 2.43. The third kappa shape index (κ3) is 3.00. The number of rotatable bonds is 2. The molecule has 1 N–H and O–H groups in total. The molecule has 0 radical (unpaired) electrons. The summed E-state index contributed by atoms with van der Waals surface area (Å²) in [6.07, 6.45) is 5.03. The van der Waals surface area contributed by atoms with E-state index in [9.17, 15) is 8.42 Å². The van der Waals surface area contributed by atoms with Crippen LogP contribution >= 0.6 is 0 Å². The van der Waals surface area contributed by atoms with Gasteiger partial charge in [0.1, 0.15) is 5.82 Å². The molecule has 1 aromatic heterocycles. The largest absolute Gasteiger partial charge is 0.350 e. The van der Waals surface area contributed by atoms with Gasteiger partial charge in [0.05, 0.1) is 17.5 Å². The molecule has 2 atom stereocenters. The Morgan fingerprint density at radius 1 is 1.29 bits per heavy atom. The van der Waals surface area contributed by atoms with E-state index in [0.29, 0.717) is 0 Å². The molecule has 0 aliphatic carbocycles. The van der Waals surface area contributed by atoms with Crippen molar-refractivity contribution < 1.29 is 8.42 Å². The lowest BCUT2D eigenvalue weighted by Crippen LogP contribution is -2.57. The Hall–Kier alpha value is -1.67. The predicted octanol–water partition coefficient (Wildman–Crippen LogP) is 0.208. The Balaban J connectivity index is 1.59. The van der Waals surface area contributed by atoms with Crippen LogP contribution in [0, 0.1) is 0 Å². The standard InChI is InChI=1S/C16H23N5O2S/c1-12-3-7-20(8-4-12)16-18-5-2-15(19-16)21-9-6-17-13-10-24(22,23)11-14(13)21/h2-3,5,13-14,17H,4,6-11H2,1H3. The predicted molar refractivity (Wildman–Crippen MR) is 94.2 cm³/mol. The summed E-state index contributed by atoms with van der Waals surface area (Å²) in [7, 11) is -2.97. The maximum atomic E-state index is 12.0. The summed E-state index contributed by atoms with van der Waals surface area (Å²) in [5.41, 5.74) is 1.41. The van der Waals surface area contributed by atoms with Crippen molar-refractivity contribution in [2.75, 3.05) is 47.5 Å². The van der Waals surface area contributed by atoms with Crippen LogP contribution in [0.5, 0.6) is 0 Å². The highest BCUT2D eigenvalue weighted by molar-refractivity contribution is 7.91. The summed E-state index contributed by atoms with van der Waals surface area (Å²) in [5.74, 6) is 1.99. The molecule has 0 aromatic carbocycles. The van der Waals surface area contributed by atoms with E-state index in [2.05, 4.69) is 33.1 Å². The number of aromatic nitrogens is 2. The summed E-state index contributed by atoms with van der Waals surface area (Å²) < 4.78 is 24.0. The summed E-state index contributed by atoms with van der Waals surface area (Å²) in [6.45, 7) is 5.45. The summed E-state index contributed by atoms with van der Waals surface area (Å²) >= 11 is 0. The first kappa shape index (κ1) is 15.8. The fourth-order valence-electron chi connectivity index (χ4n) is 3.76. The van der Waals surface area contributed by atoms with Gasteiger partial charge in [0.2, 0.25) is 5.95 Å². The second-order valence-electron chi connectivity index (χ2n) is 6.86. The molecule has 0 spiro atoms. The van der Waals surface area contributed by atoms with E-state index in [1.165, 1.54) is 5.57 Å². The van der Waals surface area contributed by atoms with Gasteiger partial charge in [-0.2, -0.15) is 4.98 Å². The van der Waals surface area contributed by atoms with Crippen LogP contribution in [-0.2, 0) is 9.84 Å². The first-order chi connectivity index (χ1) is 11.5. The molecule has 4 rings (SSSR count). The molecule has 3 aliphatic rings. The maximum Gasteiger partial charge on any atom is 0.227 e. The number of anilines is 2. The van der Waals surface area contributed by atoms with E-state index in [1.54, 1.807) is 6.20 Å². The van der Waals surface area contributed by atoms with Crippen LogP contribution in [0.15, 0.2) is 23.9 Å². The van der Waals surface area contributed by atoms with Gasteiger partial charge >= 0.3 is 0 Å². The molecule has 2 saturated heterocycles. The van der Waals surface area contributed by atoms with Crippen molar-refractivity contribution in [3.8, 4) is 0 Å². The lowest BCUT2D eigenvalue weighted by atomic mass is 10.1. The number of nitrogens with one attached hydrogen (secondary N) is 1. The third-order valence-electron chi connectivity index (χ3n) is 5.12. The third-order valence-corrected chi connectivity index (χ3v) is 6.84. The molecule has 24 heavy (non-hydrogen) atoms. The van der Waals surface area contributed by atoms with Gasteiger partial charge in [-0.1, -0.05) is 11.6 Å². The molecule has 2 fully saturated rings. The Morgan fingerprint density at radius 3 is 2.96 bits per heavy atom. The van der Waals surface area contributed by atoms with Crippen molar-refractivity contribution in [1.82, 2.24) is 15.3 Å². The molecule has 0 saturated carbocycles. The normalized spacial score (nSPS) is 29.3. The molecule has 0 amide bonds. The highest BCUT2D eigenvalue weighted by atomic mass is 32.2. The zero-order valence-corrected chi connectivity index (χ0v) is 14.7. The number of hydrogen-bond donors (Lipinski definition) is 1. The van der Waals surface area contributed by atoms with Gasteiger partial charge in [-0.15, -0.1) is 0 Å². The summed E-state index contributed by atoms with van der Waals surface area (Å²) in [6, 6.07) is 1.86. The first-order valence-electron chi connectivity index (χ1n) is 8.46. The average Bonchev–Trinajstić information content (AvgIpc) is 2.89. The molecule has 0 bridgehead atoms. The van der Waals surface area contributed by atoms with Crippen LogP contribution in [0.4, 0.5) is 11.8 Å². The van der Waals surface area contributed by atoms with Crippen LogP contribution in [0.1, 0.15) is 13.3 Å². The minimum absolute atomic E-state index is 0.00253. The van der Waals surface area contributed by atoms with Crippen molar-refractivity contribution in [2.45, 2.75) is 25.4 Å². The van der Waals surface area contributed by atoms with Crippen molar-refractivity contribution in [1.29, 1.82) is 0 Å². The molecular weight excluding hydrogens is 326 g/mol. The van der Waals surface area contributed by atoms with Crippen LogP contribution in [0.25, 0.3) is 0 Å². The maximum absolute atomic E-state index is 12.0. The van der Waals surface area contributed by atoms with Crippen molar-refractivity contribution in [3.63, 3.8) is 0 Å². The van der Waals surface area contributed by atoms with Gasteiger partial charge in [-0.05, 0) is 19.4 Å². The Morgan fingerprint density at radius 2 is 2.17 bits per heavy atom. The van der Waals surface area contributed by atoms with Crippen LogP contribution < -0.4 is 15.1 Å². The minimum atomic E-state index is -2.97. The smallest absolute Gasteiger partial charge is 0.227 e. The molecular formula is C16H23N5O2S. The summed E-state index contributed by atoms with van der Waals surface area (Å²) in [4.78, 5) is 13.5. The first-order valence-corrected chi connectivity index (χ1v) is 10.3. The van der Waals surface area contributed by atoms with Gasteiger partial charge in [-0.3, -0.25) is 0 Å². The minimum Gasteiger partial charge on any atom is -0.350 e. The van der Waals surface area contributed by atoms with E-state index < -0.39 is 9.84 Å². The van der Waals surface area contributed by atoms with Crippen LogP contribution in [0.3, 0.4) is 0 Å². The lowest BCUT2D eigenvalue weighted by Gasteiger charge is -2.38. The zero-order chi connectivity index (χ0) is 16.7. The fraction of sp³-hybridized carbons (Fsp3) is 0.625. The van der Waals surface area contributed by atoms with Gasteiger partial charge in [0.15, 0.2) is 9.84 Å². The number of sulfone groups is 1. The molecule has 4 heterocycles. The zero-order valence-electron chi connectivity index (χ0n) is 13.9. The lowest BCUT2D eigenvalue weighted by molar-refractivity contribution is 0.422. The SMILES string of the molecule is CC1=CCN(c2nccc(N3CCNC4CS(=O)(=O)CC43)n2)CC1. The number of fused-ring (bicyclic) bond motifs is 1. The van der Waals surface area contributed by atoms with Gasteiger partial charge in [-0.25, -0.2) is 13.4 Å². The monoisotopic (exact) mass is 349 g/mol. The van der Waals surface area contributed by atoms with E-state index in [4.69, 9.17) is 4.98 Å². The van der Waals surface area contributed by atoms with Gasteiger partial charge in [0, 0.05) is 38.4 Å². The molecule has 1 aromatic rings. The van der Waals surface area contributed by atoms with Crippen LogP contribution in [0.2, 0.25) is 0 Å². The molecule has 130 valence electrons. The van der Waals surface area contributed by atoms with Gasteiger partial charge < -0.3 is 15.1 Å². The fourth-order valence-corrected chi connectivity index (χ4v) is 5.71. The van der Waals surface area contributed by atoms with Crippen LogP contribution in [-0.4, -0.2) is 68.2 Å². The van der Waals surface area contributed by atoms with Crippen molar-refractivity contribution >= 4 is 21.6 Å². The topological polar surface area (TPSA) is 78.4 Å². The highest BCUT2D eigenvalue weighted by Crippen LogP contribution is 2.27. The number of nitrogens with zero attached hydrogens (tertiary/aromatic N) is 4. The molecule has 2 unspecified atom stereocenters. The van der Waals surface area contributed by atoms with E-state index in [-0.39, 0.29) is 23.6 Å². The quantitative estimate of drug-likeness (QED) is 0.765. The number of piperazine rings is 1. The molecule has 3 aliphatic heterocycles. The average molecular weight is 349 g/mol. The Bertz CT molecular complexity index is 763. The van der Waals surface area contributed by atoms with E-state index in [1.807, 2.05) is 6.07 Å². The Kier molecular flexibility index (Phi) is 3.96. The molecule has 7 nitrogen and oxygen atoms in total. The second-order valence-corrected chi connectivity index (χ2v) is 9.01. The molecule has 8 heteroatoms. The summed E-state index contributed by atoms with van der Waals surface area (Å²) in [5, 5.41) is 3.34.